The van der Waals surface area contributed by atoms with E-state index in [-0.39, 0.29) is 34.7 Å². The summed E-state index contributed by atoms with van der Waals surface area (Å²) < 4.78 is 53.7. The highest BCUT2D eigenvalue weighted by Gasteiger charge is 2.36. The van der Waals surface area contributed by atoms with Crippen molar-refractivity contribution >= 4 is 23.2 Å². The van der Waals surface area contributed by atoms with Gasteiger partial charge in [0.1, 0.15) is 5.82 Å². The molecule has 2 aliphatic rings. The van der Waals surface area contributed by atoms with Crippen LogP contribution in [-0.2, 0) is 6.18 Å². The van der Waals surface area contributed by atoms with Crippen molar-refractivity contribution < 1.29 is 27.2 Å². The monoisotopic (exact) mass is 518 g/mol. The maximum Gasteiger partial charge on any atom is 0.416 e. The number of hydrogen-bond donors (Lipinski definition) is 1. The smallest absolute Gasteiger partial charge is 0.335 e. The summed E-state index contributed by atoms with van der Waals surface area (Å²) in [5.41, 5.74) is -0.464. The minimum absolute atomic E-state index is 0.0429. The molecule has 5 rings (SSSR count). The lowest BCUT2D eigenvalue weighted by molar-refractivity contribution is -0.137. The second-order valence-electron chi connectivity index (χ2n) is 8.92. The zero-order valence-corrected chi connectivity index (χ0v) is 19.8. The van der Waals surface area contributed by atoms with Gasteiger partial charge in [-0.05, 0) is 41.8 Å². The molecule has 2 amide bonds. The van der Waals surface area contributed by atoms with Gasteiger partial charge in [0.05, 0.1) is 11.1 Å². The van der Waals surface area contributed by atoms with Crippen LogP contribution in [0, 0.1) is 5.82 Å². The normalized spacial score (nSPS) is 18.4. The van der Waals surface area contributed by atoms with Crippen LogP contribution in [0.2, 0.25) is 0 Å². The highest BCUT2D eigenvalue weighted by molar-refractivity contribution is 7.11. The molecule has 2 saturated heterocycles. The topological polar surface area (TPSA) is 65.5 Å². The third kappa shape index (κ3) is 4.98. The third-order valence-corrected chi connectivity index (χ3v) is 7.21. The van der Waals surface area contributed by atoms with Crippen LogP contribution in [0.1, 0.15) is 32.1 Å². The molecular formula is C25H22F4N4O2S. The van der Waals surface area contributed by atoms with E-state index in [1.54, 1.807) is 16.5 Å². The van der Waals surface area contributed by atoms with Gasteiger partial charge in [0.15, 0.2) is 5.01 Å². The van der Waals surface area contributed by atoms with Gasteiger partial charge in [-0.1, -0.05) is 18.2 Å². The van der Waals surface area contributed by atoms with Crippen LogP contribution >= 0.6 is 11.3 Å². The van der Waals surface area contributed by atoms with Crippen molar-refractivity contribution in [2.24, 2.45) is 0 Å². The van der Waals surface area contributed by atoms with Crippen molar-refractivity contribution in [1.82, 2.24) is 20.1 Å². The Hall–Kier alpha value is -3.31. The molecule has 36 heavy (non-hydrogen) atoms. The first-order chi connectivity index (χ1) is 17.2. The number of rotatable bonds is 5. The summed E-state index contributed by atoms with van der Waals surface area (Å²) in [5.74, 6) is -1.32. The van der Waals surface area contributed by atoms with Crippen molar-refractivity contribution in [2.45, 2.75) is 24.7 Å². The Balaban J connectivity index is 1.16. The number of thiazole rings is 1. The number of halogens is 4. The van der Waals surface area contributed by atoms with Gasteiger partial charge in [0.25, 0.3) is 11.8 Å². The average Bonchev–Trinajstić information content (AvgIpc) is 3.52. The fourth-order valence-electron chi connectivity index (χ4n) is 4.54. The zero-order valence-electron chi connectivity index (χ0n) is 19.0. The van der Waals surface area contributed by atoms with Crippen LogP contribution in [0.3, 0.4) is 0 Å². The van der Waals surface area contributed by atoms with Gasteiger partial charge < -0.3 is 15.1 Å². The summed E-state index contributed by atoms with van der Waals surface area (Å²) in [4.78, 5) is 32.6. The standard InChI is InChI=1S/C25H22F4N4O2S/c26-21-11-16(15-2-1-3-17(10-15)25(27,28)29)4-5-20(21)23(34)33-13-19(14-33)31-18-6-8-32(12-18)24(35)22-30-7-9-36-22/h1-5,7,9-11,18-19,31H,6,8,12-14H2/t18-/m0/s1. The summed E-state index contributed by atoms with van der Waals surface area (Å²) in [7, 11) is 0. The first-order valence-electron chi connectivity index (χ1n) is 11.4. The molecule has 3 heterocycles. The molecule has 188 valence electrons. The summed E-state index contributed by atoms with van der Waals surface area (Å²) in [6.45, 7) is 2.01. The number of likely N-dealkylation sites (tertiary alicyclic amines) is 2. The van der Waals surface area contributed by atoms with E-state index < -0.39 is 23.5 Å². The molecular weight excluding hydrogens is 496 g/mol. The number of nitrogens with one attached hydrogen (secondary N) is 1. The Labute approximate surface area is 208 Å². The van der Waals surface area contributed by atoms with Gasteiger partial charge in [0.2, 0.25) is 0 Å². The molecule has 11 heteroatoms. The fourth-order valence-corrected chi connectivity index (χ4v) is 5.14. The molecule has 1 N–H and O–H groups in total. The molecule has 3 aromatic rings. The number of hydrogen-bond acceptors (Lipinski definition) is 5. The van der Waals surface area contributed by atoms with Gasteiger partial charge in [0, 0.05) is 49.8 Å². The molecule has 0 aliphatic carbocycles. The largest absolute Gasteiger partial charge is 0.416 e. The van der Waals surface area contributed by atoms with E-state index in [1.807, 2.05) is 0 Å². The Morgan fingerprint density at radius 2 is 1.72 bits per heavy atom. The third-order valence-electron chi connectivity index (χ3n) is 6.45. The molecule has 2 aromatic carbocycles. The molecule has 0 radical (unpaired) electrons. The molecule has 0 unspecified atom stereocenters. The van der Waals surface area contributed by atoms with Crippen molar-refractivity contribution in [3.63, 3.8) is 0 Å². The van der Waals surface area contributed by atoms with Crippen molar-refractivity contribution in [3.8, 4) is 11.1 Å². The van der Waals surface area contributed by atoms with Crippen LogP contribution in [0.25, 0.3) is 11.1 Å². The maximum atomic E-state index is 14.8. The lowest BCUT2D eigenvalue weighted by atomic mass is 9.99. The number of nitrogens with zero attached hydrogens (tertiary/aromatic N) is 3. The number of carbonyl (C=O) groups excluding carboxylic acids is 2. The summed E-state index contributed by atoms with van der Waals surface area (Å²) in [6.07, 6.45) is -2.10. The van der Waals surface area contributed by atoms with Crippen LogP contribution in [-0.4, -0.2) is 64.9 Å². The quantitative estimate of drug-likeness (QED) is 0.512. The highest BCUT2D eigenvalue weighted by Crippen LogP contribution is 2.32. The van der Waals surface area contributed by atoms with E-state index in [0.29, 0.717) is 31.2 Å². The first kappa shape index (κ1) is 24.4. The SMILES string of the molecule is O=C(c1nccs1)N1CC[C@H](NC2CN(C(=O)c3ccc(-c4cccc(C(F)(F)F)c4)cc3F)C2)C1. The predicted molar refractivity (Wildman–Crippen MR) is 126 cm³/mol. The zero-order chi connectivity index (χ0) is 25.4. The van der Waals surface area contributed by atoms with E-state index in [0.717, 1.165) is 24.6 Å². The van der Waals surface area contributed by atoms with Gasteiger partial charge in [-0.15, -0.1) is 11.3 Å². The molecule has 2 fully saturated rings. The first-order valence-corrected chi connectivity index (χ1v) is 12.3. The number of aromatic nitrogens is 1. The molecule has 0 spiro atoms. The van der Waals surface area contributed by atoms with Gasteiger partial charge in [-0.3, -0.25) is 9.59 Å². The van der Waals surface area contributed by atoms with Crippen LogP contribution in [0.4, 0.5) is 17.6 Å². The maximum absolute atomic E-state index is 14.8. The number of amides is 2. The van der Waals surface area contributed by atoms with Crippen LogP contribution < -0.4 is 5.32 Å². The van der Waals surface area contributed by atoms with Crippen LogP contribution in [0.15, 0.2) is 54.0 Å². The number of alkyl halides is 3. The van der Waals surface area contributed by atoms with E-state index in [1.165, 1.54) is 40.5 Å². The summed E-state index contributed by atoms with van der Waals surface area (Å²) in [6, 6.07) is 8.64. The Kier molecular flexibility index (Phi) is 6.52. The fraction of sp³-hybridized carbons (Fsp3) is 0.320. The minimum Gasteiger partial charge on any atom is -0.335 e. The van der Waals surface area contributed by atoms with E-state index in [2.05, 4.69) is 10.3 Å². The molecule has 0 saturated carbocycles. The molecule has 1 atom stereocenters. The number of benzene rings is 2. The summed E-state index contributed by atoms with van der Waals surface area (Å²) >= 11 is 1.31. The lowest BCUT2D eigenvalue weighted by Gasteiger charge is -2.41. The van der Waals surface area contributed by atoms with Gasteiger partial charge in [-0.2, -0.15) is 13.2 Å². The van der Waals surface area contributed by atoms with Crippen LogP contribution in [0.5, 0.6) is 0 Å². The van der Waals surface area contributed by atoms with Gasteiger partial charge >= 0.3 is 6.18 Å². The van der Waals surface area contributed by atoms with E-state index in [9.17, 15) is 27.2 Å². The molecule has 1 aromatic heterocycles. The summed E-state index contributed by atoms with van der Waals surface area (Å²) in [5, 5.41) is 5.69. The van der Waals surface area contributed by atoms with E-state index in [4.69, 9.17) is 0 Å². The predicted octanol–water partition coefficient (Wildman–Crippen LogP) is 4.30. The second-order valence-corrected chi connectivity index (χ2v) is 9.82. The minimum atomic E-state index is -4.50. The molecule has 0 bridgehead atoms. The Morgan fingerprint density at radius 1 is 0.972 bits per heavy atom. The van der Waals surface area contributed by atoms with E-state index >= 15 is 0 Å². The Morgan fingerprint density at radius 3 is 2.42 bits per heavy atom. The molecule has 6 nitrogen and oxygen atoms in total. The lowest BCUT2D eigenvalue weighted by Crippen LogP contribution is -2.62. The van der Waals surface area contributed by atoms with Crippen molar-refractivity contribution in [2.75, 3.05) is 26.2 Å². The van der Waals surface area contributed by atoms with Gasteiger partial charge in [-0.25, -0.2) is 9.37 Å². The van der Waals surface area contributed by atoms with Crippen molar-refractivity contribution in [1.29, 1.82) is 0 Å². The highest BCUT2D eigenvalue weighted by atomic mass is 32.1. The Bertz CT molecular complexity index is 1280. The average molecular weight is 519 g/mol. The second kappa shape index (κ2) is 9.62. The molecule has 2 aliphatic heterocycles. The number of carbonyl (C=O) groups is 2. The van der Waals surface area contributed by atoms with Crippen molar-refractivity contribution in [3.05, 3.63) is 76.0 Å².